The van der Waals surface area contributed by atoms with Crippen molar-refractivity contribution in [1.29, 1.82) is 0 Å². The Kier molecular flexibility index (Phi) is 6.70. The first-order valence-electron chi connectivity index (χ1n) is 11.3. The second kappa shape index (κ2) is 9.67. The maximum atomic E-state index is 13.7. The summed E-state index contributed by atoms with van der Waals surface area (Å²) < 4.78 is 11.3. The topological polar surface area (TPSA) is 62.3 Å². The fourth-order valence-corrected chi connectivity index (χ4v) is 4.12. The number of methoxy groups -OCH3 is 1. The number of piperazine rings is 1. The van der Waals surface area contributed by atoms with Crippen LogP contribution in [0.3, 0.4) is 0 Å². The third kappa shape index (κ3) is 4.59. The molecule has 2 aliphatic rings. The van der Waals surface area contributed by atoms with E-state index in [1.54, 1.807) is 31.4 Å². The molecule has 7 nitrogen and oxygen atoms in total. The Balaban J connectivity index is 1.72. The smallest absolute Gasteiger partial charge is 0.282 e. The van der Waals surface area contributed by atoms with Crippen molar-refractivity contribution in [3.05, 3.63) is 59.8 Å². The molecule has 2 aliphatic heterocycles. The van der Waals surface area contributed by atoms with Crippen molar-refractivity contribution in [3.8, 4) is 11.5 Å². The fraction of sp³-hybridized carbons (Fsp3) is 0.385. The largest absolute Gasteiger partial charge is 0.496 e. The maximum absolute atomic E-state index is 13.7. The number of carbonyl (C=O) groups is 2. The minimum Gasteiger partial charge on any atom is -0.496 e. The molecule has 0 spiro atoms. The van der Waals surface area contributed by atoms with Gasteiger partial charge in [0.2, 0.25) is 0 Å². The van der Waals surface area contributed by atoms with Crippen molar-refractivity contribution in [1.82, 2.24) is 9.80 Å². The first-order chi connectivity index (χ1) is 15.9. The Labute approximate surface area is 195 Å². The van der Waals surface area contributed by atoms with Gasteiger partial charge in [0, 0.05) is 31.7 Å². The van der Waals surface area contributed by atoms with Crippen LogP contribution in [-0.4, -0.2) is 68.6 Å². The number of amides is 2. The minimum atomic E-state index is -0.339. The Morgan fingerprint density at radius 1 is 0.909 bits per heavy atom. The molecule has 174 valence electrons. The van der Waals surface area contributed by atoms with Crippen molar-refractivity contribution < 1.29 is 19.1 Å². The van der Waals surface area contributed by atoms with Crippen LogP contribution in [0.1, 0.15) is 19.4 Å². The summed E-state index contributed by atoms with van der Waals surface area (Å²) in [5.41, 5.74) is 1.99. The number of imide groups is 1. The van der Waals surface area contributed by atoms with Crippen molar-refractivity contribution >= 4 is 23.1 Å². The molecule has 1 saturated heterocycles. The van der Waals surface area contributed by atoms with E-state index in [-0.39, 0.29) is 11.8 Å². The molecule has 2 aromatic carbocycles. The minimum absolute atomic E-state index is 0.304. The predicted octanol–water partition coefficient (Wildman–Crippen LogP) is 3.26. The van der Waals surface area contributed by atoms with Gasteiger partial charge in [0.1, 0.15) is 17.2 Å². The highest BCUT2D eigenvalue weighted by Gasteiger charge is 2.43. The highest BCUT2D eigenvalue weighted by Crippen LogP contribution is 2.38. The molecule has 0 N–H and O–H groups in total. The third-order valence-electron chi connectivity index (χ3n) is 5.93. The molecule has 0 atom stereocenters. The molecule has 0 aliphatic carbocycles. The number of benzene rings is 2. The van der Waals surface area contributed by atoms with Crippen molar-refractivity contribution in [3.63, 3.8) is 0 Å². The monoisotopic (exact) mass is 449 g/mol. The molecule has 7 heteroatoms. The summed E-state index contributed by atoms with van der Waals surface area (Å²) >= 11 is 0. The van der Waals surface area contributed by atoms with Gasteiger partial charge in [-0.05, 0) is 43.3 Å². The van der Waals surface area contributed by atoms with E-state index < -0.39 is 0 Å². The van der Waals surface area contributed by atoms with E-state index in [1.165, 1.54) is 4.90 Å². The average molecular weight is 450 g/mol. The van der Waals surface area contributed by atoms with Crippen LogP contribution >= 0.6 is 0 Å². The van der Waals surface area contributed by atoms with Gasteiger partial charge in [-0.2, -0.15) is 0 Å². The van der Waals surface area contributed by atoms with E-state index in [0.29, 0.717) is 59.6 Å². The number of rotatable bonds is 7. The molecule has 0 radical (unpaired) electrons. The quantitative estimate of drug-likeness (QED) is 0.605. The van der Waals surface area contributed by atoms with Gasteiger partial charge >= 0.3 is 0 Å². The normalized spacial score (nSPS) is 17.4. The lowest BCUT2D eigenvalue weighted by Crippen LogP contribution is -2.46. The molecule has 1 fully saturated rings. The van der Waals surface area contributed by atoms with Crippen molar-refractivity contribution in [2.45, 2.75) is 13.8 Å². The van der Waals surface area contributed by atoms with Gasteiger partial charge in [-0.3, -0.25) is 9.59 Å². The Bertz CT molecular complexity index is 1050. The number of ether oxygens (including phenoxy) is 2. The van der Waals surface area contributed by atoms with E-state index in [1.807, 2.05) is 29.2 Å². The summed E-state index contributed by atoms with van der Waals surface area (Å²) in [4.78, 5) is 32.9. The summed E-state index contributed by atoms with van der Waals surface area (Å²) in [5, 5.41) is 0. The number of carbonyl (C=O) groups excluding carboxylic acids is 2. The predicted molar refractivity (Wildman–Crippen MR) is 128 cm³/mol. The zero-order chi connectivity index (χ0) is 23.5. The van der Waals surface area contributed by atoms with Gasteiger partial charge in [0.05, 0.1) is 25.0 Å². The van der Waals surface area contributed by atoms with E-state index >= 15 is 0 Å². The molecular weight excluding hydrogens is 418 g/mol. The van der Waals surface area contributed by atoms with Gasteiger partial charge < -0.3 is 19.3 Å². The van der Waals surface area contributed by atoms with Crippen LogP contribution in [0.5, 0.6) is 11.5 Å². The van der Waals surface area contributed by atoms with E-state index in [4.69, 9.17) is 9.47 Å². The SMILES string of the molecule is COc1ccccc1C1=C(N2CCN(C)CC2)C(=O)N(c2ccc(OCC(C)C)cc2)C1=O. The second-order valence-corrected chi connectivity index (χ2v) is 8.86. The number of nitrogens with zero attached hydrogens (tertiary/aromatic N) is 3. The lowest BCUT2D eigenvalue weighted by Gasteiger charge is -2.34. The molecule has 0 aromatic heterocycles. The Morgan fingerprint density at radius 2 is 1.58 bits per heavy atom. The number of likely N-dealkylation sites (N-methyl/N-ethyl adjacent to an activating group) is 1. The zero-order valence-corrected chi connectivity index (χ0v) is 19.7. The van der Waals surface area contributed by atoms with E-state index in [2.05, 4.69) is 25.8 Å². The molecule has 4 rings (SSSR count). The lowest BCUT2D eigenvalue weighted by atomic mass is 10.0. The van der Waals surface area contributed by atoms with Gasteiger partial charge in [0.25, 0.3) is 11.8 Å². The first-order valence-corrected chi connectivity index (χ1v) is 11.3. The van der Waals surface area contributed by atoms with Crippen LogP contribution in [-0.2, 0) is 9.59 Å². The Hall–Kier alpha value is -3.32. The van der Waals surface area contributed by atoms with Crippen LogP contribution < -0.4 is 14.4 Å². The molecule has 2 aromatic rings. The Morgan fingerprint density at radius 3 is 2.21 bits per heavy atom. The third-order valence-corrected chi connectivity index (χ3v) is 5.93. The second-order valence-electron chi connectivity index (χ2n) is 8.86. The van der Waals surface area contributed by atoms with Crippen LogP contribution in [0.2, 0.25) is 0 Å². The van der Waals surface area contributed by atoms with Gasteiger partial charge in [-0.1, -0.05) is 32.0 Å². The molecule has 33 heavy (non-hydrogen) atoms. The number of para-hydroxylation sites is 1. The van der Waals surface area contributed by atoms with Crippen molar-refractivity contribution in [2.75, 3.05) is 51.8 Å². The highest BCUT2D eigenvalue weighted by molar-refractivity contribution is 6.45. The summed E-state index contributed by atoms with van der Waals surface area (Å²) in [5.74, 6) is 1.05. The molecule has 0 unspecified atom stereocenters. The lowest BCUT2D eigenvalue weighted by molar-refractivity contribution is -0.120. The molecule has 0 saturated carbocycles. The summed E-state index contributed by atoms with van der Waals surface area (Å²) in [6.45, 7) is 7.78. The zero-order valence-electron chi connectivity index (χ0n) is 19.7. The summed E-state index contributed by atoms with van der Waals surface area (Å²) in [6, 6.07) is 14.5. The standard InChI is InChI=1S/C26H31N3O4/c1-18(2)17-33-20-11-9-19(10-12-20)29-25(30)23(21-7-5-6-8-22(21)32-4)24(26(29)31)28-15-13-27(3)14-16-28/h5-12,18H,13-17H2,1-4H3. The van der Waals surface area contributed by atoms with Gasteiger partial charge in [-0.15, -0.1) is 0 Å². The van der Waals surface area contributed by atoms with Gasteiger partial charge in [-0.25, -0.2) is 4.90 Å². The molecule has 0 bridgehead atoms. The van der Waals surface area contributed by atoms with E-state index in [0.717, 1.165) is 13.1 Å². The van der Waals surface area contributed by atoms with Crippen LogP contribution in [0.25, 0.3) is 5.57 Å². The molecular formula is C26H31N3O4. The van der Waals surface area contributed by atoms with Gasteiger partial charge in [0.15, 0.2) is 0 Å². The van der Waals surface area contributed by atoms with Crippen LogP contribution in [0, 0.1) is 5.92 Å². The average Bonchev–Trinajstić information content (AvgIpc) is 3.08. The van der Waals surface area contributed by atoms with E-state index in [9.17, 15) is 9.59 Å². The first kappa shape index (κ1) is 22.9. The van der Waals surface area contributed by atoms with Crippen LogP contribution in [0.4, 0.5) is 5.69 Å². The summed E-state index contributed by atoms with van der Waals surface area (Å²) in [7, 11) is 3.63. The number of hydrogen-bond acceptors (Lipinski definition) is 6. The molecule has 2 heterocycles. The maximum Gasteiger partial charge on any atom is 0.282 e. The fourth-order valence-electron chi connectivity index (χ4n) is 4.12. The van der Waals surface area contributed by atoms with Crippen LogP contribution in [0.15, 0.2) is 54.2 Å². The summed E-state index contributed by atoms with van der Waals surface area (Å²) in [6.07, 6.45) is 0. The number of anilines is 1. The molecule has 2 amide bonds. The number of hydrogen-bond donors (Lipinski definition) is 0. The van der Waals surface area contributed by atoms with Crippen molar-refractivity contribution in [2.24, 2.45) is 5.92 Å². The highest BCUT2D eigenvalue weighted by atomic mass is 16.5.